The first-order chi connectivity index (χ1) is 15.3. The van der Waals surface area contributed by atoms with Gasteiger partial charge in [-0.05, 0) is 70.6 Å². The van der Waals surface area contributed by atoms with Crippen molar-refractivity contribution in [3.8, 4) is 5.75 Å². The second kappa shape index (κ2) is 13.1. The number of halogens is 3. The SMILES string of the molecule is CCCNC(=O)C(CC)N(Cc1ccc(Cl)cc1Cl)C(=O)COc1ccc(CC)cc1Br. The summed E-state index contributed by atoms with van der Waals surface area (Å²) >= 11 is 15.9. The molecule has 0 bridgehead atoms. The van der Waals surface area contributed by atoms with Crippen LogP contribution in [0.3, 0.4) is 0 Å². The van der Waals surface area contributed by atoms with Crippen LogP contribution in [-0.4, -0.2) is 35.9 Å². The lowest BCUT2D eigenvalue weighted by molar-refractivity contribution is -0.143. The molecule has 2 amide bonds. The number of carbonyl (C=O) groups excluding carboxylic acids is 2. The number of ether oxygens (including phenoxy) is 1. The lowest BCUT2D eigenvalue weighted by Gasteiger charge is -2.31. The third-order valence-corrected chi connectivity index (χ3v) is 6.25. The highest BCUT2D eigenvalue weighted by atomic mass is 79.9. The van der Waals surface area contributed by atoms with Gasteiger partial charge in [0, 0.05) is 23.1 Å². The first-order valence-electron chi connectivity index (χ1n) is 10.7. The Morgan fingerprint density at radius 1 is 1.12 bits per heavy atom. The van der Waals surface area contributed by atoms with Gasteiger partial charge in [0.1, 0.15) is 11.8 Å². The normalized spacial score (nSPS) is 11.7. The maximum absolute atomic E-state index is 13.2. The number of hydrogen-bond donors (Lipinski definition) is 1. The number of nitrogens with zero attached hydrogens (tertiary/aromatic N) is 1. The summed E-state index contributed by atoms with van der Waals surface area (Å²) in [6.07, 6.45) is 2.17. The minimum Gasteiger partial charge on any atom is -0.483 e. The Hall–Kier alpha value is -1.76. The number of hydrogen-bond acceptors (Lipinski definition) is 3. The van der Waals surface area contributed by atoms with Gasteiger partial charge in [-0.3, -0.25) is 9.59 Å². The van der Waals surface area contributed by atoms with Crippen LogP contribution in [0.5, 0.6) is 5.75 Å². The topological polar surface area (TPSA) is 58.6 Å². The summed E-state index contributed by atoms with van der Waals surface area (Å²) in [4.78, 5) is 27.6. The van der Waals surface area contributed by atoms with Gasteiger partial charge in [-0.2, -0.15) is 0 Å². The molecule has 0 aliphatic heterocycles. The summed E-state index contributed by atoms with van der Waals surface area (Å²) in [5.74, 6) is 0.0748. The van der Waals surface area contributed by atoms with Crippen molar-refractivity contribution in [2.24, 2.45) is 0 Å². The van der Waals surface area contributed by atoms with Crippen LogP contribution in [0.25, 0.3) is 0 Å². The van der Waals surface area contributed by atoms with Crippen LogP contribution < -0.4 is 10.1 Å². The molecule has 0 fully saturated rings. The van der Waals surface area contributed by atoms with Crippen LogP contribution in [0.4, 0.5) is 0 Å². The van der Waals surface area contributed by atoms with Crippen LogP contribution in [-0.2, 0) is 22.6 Å². The molecule has 0 heterocycles. The molecule has 5 nitrogen and oxygen atoms in total. The standard InChI is InChI=1S/C24H29BrCl2N2O3/c1-4-11-28-24(31)21(6-3)29(14-17-8-9-18(26)13-20(17)27)23(30)15-32-22-10-7-16(5-2)12-19(22)25/h7-10,12-13,21H,4-6,11,14-15H2,1-3H3,(H,28,31). The van der Waals surface area contributed by atoms with E-state index in [4.69, 9.17) is 27.9 Å². The van der Waals surface area contributed by atoms with E-state index in [2.05, 4.69) is 28.2 Å². The van der Waals surface area contributed by atoms with Gasteiger partial charge in [-0.25, -0.2) is 0 Å². The van der Waals surface area contributed by atoms with Gasteiger partial charge < -0.3 is 15.0 Å². The van der Waals surface area contributed by atoms with E-state index >= 15 is 0 Å². The van der Waals surface area contributed by atoms with Gasteiger partial charge in [0.15, 0.2) is 6.61 Å². The minimum atomic E-state index is -0.643. The molecule has 0 aliphatic carbocycles. The van der Waals surface area contributed by atoms with E-state index in [0.29, 0.717) is 34.3 Å². The molecule has 0 spiro atoms. The molecule has 1 unspecified atom stereocenters. The zero-order valence-corrected chi connectivity index (χ0v) is 21.7. The zero-order chi connectivity index (χ0) is 23.7. The molecule has 32 heavy (non-hydrogen) atoms. The van der Waals surface area contributed by atoms with E-state index in [9.17, 15) is 9.59 Å². The minimum absolute atomic E-state index is 0.173. The lowest BCUT2D eigenvalue weighted by atomic mass is 10.1. The molecule has 0 saturated carbocycles. The third-order valence-electron chi connectivity index (χ3n) is 5.05. The molecular weight excluding hydrogens is 515 g/mol. The number of aryl methyl sites for hydroxylation is 1. The Morgan fingerprint density at radius 3 is 2.47 bits per heavy atom. The van der Waals surface area contributed by atoms with Gasteiger partial charge in [0.2, 0.25) is 5.91 Å². The van der Waals surface area contributed by atoms with Crippen LogP contribution in [0.2, 0.25) is 10.0 Å². The molecule has 0 aliphatic rings. The Kier molecular flexibility index (Phi) is 10.8. The Labute approximate surface area is 208 Å². The molecule has 8 heteroatoms. The quantitative estimate of drug-likeness (QED) is 0.376. The predicted octanol–water partition coefficient (Wildman–Crippen LogP) is 6.03. The van der Waals surface area contributed by atoms with Crippen molar-refractivity contribution in [2.75, 3.05) is 13.2 Å². The summed E-state index contributed by atoms with van der Waals surface area (Å²) in [5.41, 5.74) is 1.87. The Morgan fingerprint density at radius 2 is 1.88 bits per heavy atom. The fourth-order valence-electron chi connectivity index (χ4n) is 3.22. The molecule has 2 aromatic rings. The summed E-state index contributed by atoms with van der Waals surface area (Å²) in [5, 5.41) is 3.84. The molecule has 0 saturated heterocycles. The van der Waals surface area contributed by atoms with Crippen molar-refractivity contribution in [2.45, 2.75) is 52.6 Å². The van der Waals surface area contributed by atoms with E-state index in [1.807, 2.05) is 32.0 Å². The maximum Gasteiger partial charge on any atom is 0.261 e. The second-order valence-corrected chi connectivity index (χ2v) is 9.08. The van der Waals surface area contributed by atoms with Gasteiger partial charge in [0.25, 0.3) is 5.91 Å². The zero-order valence-electron chi connectivity index (χ0n) is 18.6. The van der Waals surface area contributed by atoms with Gasteiger partial charge in [-0.15, -0.1) is 0 Å². The van der Waals surface area contributed by atoms with E-state index in [-0.39, 0.29) is 25.0 Å². The van der Waals surface area contributed by atoms with Crippen molar-refractivity contribution in [3.05, 3.63) is 62.0 Å². The third kappa shape index (κ3) is 7.39. The van der Waals surface area contributed by atoms with Crippen LogP contribution in [0.15, 0.2) is 40.9 Å². The lowest BCUT2D eigenvalue weighted by Crippen LogP contribution is -2.50. The molecular formula is C24H29BrCl2N2O3. The van der Waals surface area contributed by atoms with Crippen LogP contribution >= 0.6 is 39.1 Å². The monoisotopic (exact) mass is 542 g/mol. The largest absolute Gasteiger partial charge is 0.483 e. The van der Waals surface area contributed by atoms with Crippen molar-refractivity contribution in [1.29, 1.82) is 0 Å². The number of carbonyl (C=O) groups is 2. The fraction of sp³-hybridized carbons (Fsp3) is 0.417. The highest BCUT2D eigenvalue weighted by Crippen LogP contribution is 2.27. The Bertz CT molecular complexity index is 939. The summed E-state index contributed by atoms with van der Waals surface area (Å²) < 4.78 is 6.58. The van der Waals surface area contributed by atoms with E-state index in [0.717, 1.165) is 22.9 Å². The number of rotatable bonds is 11. The molecule has 0 radical (unpaired) electrons. The molecule has 2 rings (SSSR count). The van der Waals surface area contributed by atoms with Crippen molar-refractivity contribution < 1.29 is 14.3 Å². The predicted molar refractivity (Wildman–Crippen MR) is 133 cm³/mol. The van der Waals surface area contributed by atoms with E-state index in [1.165, 1.54) is 4.90 Å². The van der Waals surface area contributed by atoms with Crippen molar-refractivity contribution in [3.63, 3.8) is 0 Å². The molecule has 174 valence electrons. The number of nitrogens with one attached hydrogen (secondary N) is 1. The highest BCUT2D eigenvalue weighted by molar-refractivity contribution is 9.10. The number of amides is 2. The van der Waals surface area contributed by atoms with E-state index in [1.54, 1.807) is 18.2 Å². The number of benzene rings is 2. The average Bonchev–Trinajstić information content (AvgIpc) is 2.77. The summed E-state index contributed by atoms with van der Waals surface area (Å²) in [6.45, 7) is 6.44. The average molecular weight is 544 g/mol. The van der Waals surface area contributed by atoms with Crippen molar-refractivity contribution in [1.82, 2.24) is 10.2 Å². The highest BCUT2D eigenvalue weighted by Gasteiger charge is 2.29. The molecule has 1 atom stereocenters. The Balaban J connectivity index is 2.25. The van der Waals surface area contributed by atoms with Gasteiger partial charge in [-0.1, -0.05) is 56.1 Å². The van der Waals surface area contributed by atoms with Crippen LogP contribution in [0, 0.1) is 0 Å². The summed E-state index contributed by atoms with van der Waals surface area (Å²) in [7, 11) is 0. The molecule has 2 aromatic carbocycles. The van der Waals surface area contributed by atoms with E-state index < -0.39 is 6.04 Å². The maximum atomic E-state index is 13.2. The smallest absolute Gasteiger partial charge is 0.261 e. The molecule has 0 aromatic heterocycles. The van der Waals surface area contributed by atoms with Gasteiger partial charge in [0.05, 0.1) is 4.47 Å². The first kappa shape index (κ1) is 26.5. The molecule has 1 N–H and O–H groups in total. The fourth-order valence-corrected chi connectivity index (χ4v) is 4.23. The van der Waals surface area contributed by atoms with Crippen molar-refractivity contribution >= 4 is 50.9 Å². The summed E-state index contributed by atoms with van der Waals surface area (Å²) in [6, 6.07) is 10.2. The second-order valence-electron chi connectivity index (χ2n) is 7.38. The van der Waals surface area contributed by atoms with Gasteiger partial charge >= 0.3 is 0 Å². The van der Waals surface area contributed by atoms with Crippen LogP contribution in [0.1, 0.15) is 44.7 Å². The first-order valence-corrected chi connectivity index (χ1v) is 12.3.